The molecule has 1 aromatic heterocycles. The Labute approximate surface area is 179 Å². The molecule has 0 radical (unpaired) electrons. The summed E-state index contributed by atoms with van der Waals surface area (Å²) in [4.78, 5) is 40.2. The van der Waals surface area contributed by atoms with Gasteiger partial charge in [-0.3, -0.25) is 14.4 Å². The number of halogens is 1. The molecule has 1 aliphatic rings. The monoisotopic (exact) mass is 431 g/mol. The summed E-state index contributed by atoms with van der Waals surface area (Å²) in [6.07, 6.45) is 1.14. The molecule has 0 aliphatic carbocycles. The van der Waals surface area contributed by atoms with Gasteiger partial charge in [0.1, 0.15) is 11.9 Å². The van der Waals surface area contributed by atoms with E-state index in [1.807, 2.05) is 19.2 Å². The number of benzene rings is 1. The van der Waals surface area contributed by atoms with E-state index in [2.05, 4.69) is 10.6 Å². The zero-order chi connectivity index (χ0) is 21.7. The molecule has 0 spiro atoms. The lowest BCUT2D eigenvalue weighted by molar-refractivity contribution is -0.125. The van der Waals surface area contributed by atoms with Gasteiger partial charge in [0.05, 0.1) is 4.88 Å². The Balaban J connectivity index is 1.67. The summed E-state index contributed by atoms with van der Waals surface area (Å²) in [6, 6.07) is 8.43. The molecular formula is C22H26FN3O3S. The number of likely N-dealkylation sites (tertiary alicyclic amines) is 1. The first-order valence-corrected chi connectivity index (χ1v) is 10.9. The highest BCUT2D eigenvalue weighted by molar-refractivity contribution is 7.12. The molecule has 0 unspecified atom stereocenters. The Kier molecular flexibility index (Phi) is 7.20. The van der Waals surface area contributed by atoms with Gasteiger partial charge in [0.2, 0.25) is 5.91 Å². The fourth-order valence-corrected chi connectivity index (χ4v) is 4.26. The van der Waals surface area contributed by atoms with E-state index in [0.717, 1.165) is 0 Å². The SMILES string of the molecule is CC(C)NC(=O)[C@@H](NC(=O)c1cccs1)C1CCN(C(=O)c2cccc(F)c2)CC1. The largest absolute Gasteiger partial charge is 0.352 e. The van der Waals surface area contributed by atoms with Gasteiger partial charge in [-0.2, -0.15) is 0 Å². The van der Waals surface area contributed by atoms with Gasteiger partial charge in [0.25, 0.3) is 11.8 Å². The lowest BCUT2D eigenvalue weighted by Gasteiger charge is -2.36. The third-order valence-corrected chi connectivity index (χ3v) is 5.98. The van der Waals surface area contributed by atoms with Crippen molar-refractivity contribution in [2.24, 2.45) is 5.92 Å². The van der Waals surface area contributed by atoms with Gasteiger partial charge in [-0.15, -0.1) is 11.3 Å². The third-order valence-electron chi connectivity index (χ3n) is 5.11. The van der Waals surface area contributed by atoms with E-state index < -0.39 is 11.9 Å². The van der Waals surface area contributed by atoms with E-state index >= 15 is 0 Å². The van der Waals surface area contributed by atoms with Crippen LogP contribution in [0.5, 0.6) is 0 Å². The zero-order valence-electron chi connectivity index (χ0n) is 17.1. The summed E-state index contributed by atoms with van der Waals surface area (Å²) >= 11 is 1.32. The Morgan fingerprint density at radius 2 is 1.83 bits per heavy atom. The van der Waals surface area contributed by atoms with E-state index in [4.69, 9.17) is 0 Å². The van der Waals surface area contributed by atoms with Crippen LogP contribution < -0.4 is 10.6 Å². The lowest BCUT2D eigenvalue weighted by atomic mass is 9.88. The van der Waals surface area contributed by atoms with Crippen molar-refractivity contribution in [3.05, 3.63) is 58.0 Å². The quantitative estimate of drug-likeness (QED) is 0.738. The molecule has 3 rings (SSSR count). The van der Waals surface area contributed by atoms with Gasteiger partial charge in [-0.25, -0.2) is 4.39 Å². The molecule has 3 amide bonds. The average Bonchev–Trinajstić information content (AvgIpc) is 3.26. The van der Waals surface area contributed by atoms with E-state index in [9.17, 15) is 18.8 Å². The first kappa shape index (κ1) is 22.0. The average molecular weight is 432 g/mol. The van der Waals surface area contributed by atoms with Crippen molar-refractivity contribution in [1.82, 2.24) is 15.5 Å². The van der Waals surface area contributed by atoms with Crippen LogP contribution in [-0.2, 0) is 4.79 Å². The third kappa shape index (κ3) is 5.44. The molecule has 1 saturated heterocycles. The minimum Gasteiger partial charge on any atom is -0.352 e. The standard InChI is InChI=1S/C22H26FN3O3S/c1-14(2)24-21(28)19(25-20(27)18-7-4-12-30-18)15-8-10-26(11-9-15)22(29)16-5-3-6-17(23)13-16/h3-7,12-15,19H,8-11H2,1-2H3,(H,24,28)(H,25,27)/t19-/m0/s1. The molecule has 2 N–H and O–H groups in total. The zero-order valence-corrected chi connectivity index (χ0v) is 17.9. The van der Waals surface area contributed by atoms with Crippen LogP contribution in [0, 0.1) is 11.7 Å². The van der Waals surface area contributed by atoms with Gasteiger partial charge >= 0.3 is 0 Å². The fourth-order valence-electron chi connectivity index (χ4n) is 3.63. The molecule has 0 saturated carbocycles. The number of carbonyl (C=O) groups excluding carboxylic acids is 3. The lowest BCUT2D eigenvalue weighted by Crippen LogP contribution is -2.54. The molecule has 30 heavy (non-hydrogen) atoms. The van der Waals surface area contributed by atoms with Gasteiger partial charge in [-0.1, -0.05) is 12.1 Å². The van der Waals surface area contributed by atoms with Crippen molar-refractivity contribution in [2.45, 2.75) is 38.8 Å². The van der Waals surface area contributed by atoms with Crippen LogP contribution in [0.25, 0.3) is 0 Å². The van der Waals surface area contributed by atoms with E-state index in [0.29, 0.717) is 36.4 Å². The molecule has 8 heteroatoms. The molecule has 0 bridgehead atoms. The number of nitrogens with zero attached hydrogens (tertiary/aromatic N) is 1. The van der Waals surface area contributed by atoms with Gasteiger partial charge in [-0.05, 0) is 62.3 Å². The summed E-state index contributed by atoms with van der Waals surface area (Å²) < 4.78 is 13.4. The van der Waals surface area contributed by atoms with Crippen molar-refractivity contribution < 1.29 is 18.8 Å². The van der Waals surface area contributed by atoms with Crippen LogP contribution >= 0.6 is 11.3 Å². The first-order valence-electron chi connectivity index (χ1n) is 10.0. The number of hydrogen-bond acceptors (Lipinski definition) is 4. The molecule has 2 heterocycles. The highest BCUT2D eigenvalue weighted by atomic mass is 32.1. The number of piperidine rings is 1. The molecule has 1 atom stereocenters. The maximum atomic E-state index is 13.4. The Morgan fingerprint density at radius 1 is 1.10 bits per heavy atom. The van der Waals surface area contributed by atoms with Crippen molar-refractivity contribution in [3.63, 3.8) is 0 Å². The Morgan fingerprint density at radius 3 is 2.43 bits per heavy atom. The van der Waals surface area contributed by atoms with E-state index in [-0.39, 0.29) is 29.7 Å². The summed E-state index contributed by atoms with van der Waals surface area (Å²) in [7, 11) is 0. The van der Waals surface area contributed by atoms with Crippen LogP contribution in [0.3, 0.4) is 0 Å². The number of carbonyl (C=O) groups is 3. The second-order valence-corrected chi connectivity index (χ2v) is 8.68. The van der Waals surface area contributed by atoms with Crippen molar-refractivity contribution in [3.8, 4) is 0 Å². The van der Waals surface area contributed by atoms with E-state index in [1.165, 1.54) is 29.5 Å². The second kappa shape index (κ2) is 9.84. The van der Waals surface area contributed by atoms with Crippen LogP contribution in [0.15, 0.2) is 41.8 Å². The highest BCUT2D eigenvalue weighted by Gasteiger charge is 2.34. The smallest absolute Gasteiger partial charge is 0.262 e. The molecule has 1 aromatic carbocycles. The number of amides is 3. The van der Waals surface area contributed by atoms with Crippen LogP contribution in [0.2, 0.25) is 0 Å². The molecule has 1 fully saturated rings. The highest BCUT2D eigenvalue weighted by Crippen LogP contribution is 2.23. The summed E-state index contributed by atoms with van der Waals surface area (Å²) in [5.74, 6) is -1.25. The number of rotatable bonds is 6. The van der Waals surface area contributed by atoms with Crippen LogP contribution in [-0.4, -0.2) is 47.8 Å². The van der Waals surface area contributed by atoms with Crippen molar-refractivity contribution in [1.29, 1.82) is 0 Å². The molecule has 1 aliphatic heterocycles. The van der Waals surface area contributed by atoms with Crippen molar-refractivity contribution >= 4 is 29.1 Å². The predicted octanol–water partition coefficient (Wildman–Crippen LogP) is 3.06. The van der Waals surface area contributed by atoms with Gasteiger partial charge in [0, 0.05) is 24.7 Å². The van der Waals surface area contributed by atoms with Gasteiger partial charge in [0.15, 0.2) is 0 Å². The maximum Gasteiger partial charge on any atom is 0.262 e. The van der Waals surface area contributed by atoms with Crippen LogP contribution in [0.4, 0.5) is 4.39 Å². The topological polar surface area (TPSA) is 78.5 Å². The number of nitrogens with one attached hydrogen (secondary N) is 2. The van der Waals surface area contributed by atoms with Crippen LogP contribution in [0.1, 0.15) is 46.7 Å². The minimum atomic E-state index is -0.673. The van der Waals surface area contributed by atoms with E-state index in [1.54, 1.807) is 23.1 Å². The first-order chi connectivity index (χ1) is 14.3. The minimum absolute atomic E-state index is 0.0479. The molecule has 160 valence electrons. The molecular weight excluding hydrogens is 405 g/mol. The summed E-state index contributed by atoms with van der Waals surface area (Å²) in [5, 5.41) is 7.58. The Hall–Kier alpha value is -2.74. The number of thiophene rings is 1. The summed E-state index contributed by atoms with van der Waals surface area (Å²) in [5.41, 5.74) is 0.313. The number of hydrogen-bond donors (Lipinski definition) is 2. The second-order valence-electron chi connectivity index (χ2n) is 7.73. The molecule has 2 aromatic rings. The Bertz CT molecular complexity index is 893. The summed E-state index contributed by atoms with van der Waals surface area (Å²) in [6.45, 7) is 4.63. The fraction of sp³-hybridized carbons (Fsp3) is 0.409. The maximum absolute atomic E-state index is 13.4. The molecule has 6 nitrogen and oxygen atoms in total. The van der Waals surface area contributed by atoms with Crippen molar-refractivity contribution in [2.75, 3.05) is 13.1 Å². The predicted molar refractivity (Wildman–Crippen MR) is 114 cm³/mol. The normalized spacial score (nSPS) is 15.7. The van der Waals surface area contributed by atoms with Gasteiger partial charge < -0.3 is 15.5 Å².